The van der Waals surface area contributed by atoms with Crippen molar-refractivity contribution in [2.75, 3.05) is 6.54 Å². The molecule has 18 heteroatoms. The van der Waals surface area contributed by atoms with Crippen LogP contribution in [0.25, 0.3) is 10.8 Å². The molecule has 1 saturated heterocycles. The number of hydrogen-bond acceptors (Lipinski definition) is 10. The van der Waals surface area contributed by atoms with Crippen molar-refractivity contribution in [1.82, 2.24) is 25.2 Å². The van der Waals surface area contributed by atoms with Gasteiger partial charge in [-0.1, -0.05) is 26.0 Å². The minimum absolute atomic E-state index is 0.00403. The summed E-state index contributed by atoms with van der Waals surface area (Å²) >= 11 is 0. The van der Waals surface area contributed by atoms with Crippen LogP contribution in [0, 0.1) is 17.8 Å². The lowest BCUT2D eigenvalue weighted by atomic mass is 9.88. The fourth-order valence-corrected chi connectivity index (χ4v) is 8.88. The Balaban J connectivity index is 1.21. The molecular formula is C34H39F2N5O10S. The summed E-state index contributed by atoms with van der Waals surface area (Å²) in [7, 11) is -3.95. The number of allylic oxidation sites excluding steroid dienone is 1. The predicted molar refractivity (Wildman–Crippen MR) is 178 cm³/mol. The number of carbonyl (C=O) groups excluding carboxylic acids is 3. The number of nitrogens with one attached hydrogen (secondary N) is 3. The van der Waals surface area contributed by atoms with Crippen molar-refractivity contribution in [1.29, 1.82) is 0 Å². The molecule has 15 nitrogen and oxygen atoms in total. The second-order valence-electron chi connectivity index (χ2n) is 14.5. The molecule has 0 spiro atoms. The SMILES string of the molecule is C[C@H]1CC/C=C\[C@@H]2C[C@@]2(C(=O)NS(=O)(=O)C2CC2)NC(=O)[C@@H]2C[C@@H](Oc3nccc4c5c(ccc34)OC(F)(F)O5)CN2C(=O)[C@@H](NC(=O)O)[C@H](C)C1. The highest BCUT2D eigenvalue weighted by molar-refractivity contribution is 7.91. The molecule has 4 heterocycles. The average Bonchev–Trinajstić information content (AvgIpc) is 3.97. The van der Waals surface area contributed by atoms with Gasteiger partial charge in [0.05, 0.1) is 11.8 Å². The normalized spacial score (nSPS) is 32.0. The summed E-state index contributed by atoms with van der Waals surface area (Å²) in [5.74, 6) is -3.61. The van der Waals surface area contributed by atoms with Gasteiger partial charge < -0.3 is 34.9 Å². The first-order valence-corrected chi connectivity index (χ1v) is 18.8. The molecule has 52 heavy (non-hydrogen) atoms. The van der Waals surface area contributed by atoms with Crippen LogP contribution in [0.3, 0.4) is 0 Å². The Hall–Kier alpha value is -4.74. The van der Waals surface area contributed by atoms with E-state index in [2.05, 4.69) is 25.1 Å². The van der Waals surface area contributed by atoms with E-state index in [1.165, 1.54) is 29.3 Å². The molecule has 4 N–H and O–H groups in total. The van der Waals surface area contributed by atoms with Crippen molar-refractivity contribution in [3.63, 3.8) is 0 Å². The first-order chi connectivity index (χ1) is 24.6. The summed E-state index contributed by atoms with van der Waals surface area (Å²) in [6.45, 7) is 3.54. The topological polar surface area (TPSA) is 203 Å². The molecular weight excluding hydrogens is 708 g/mol. The molecule has 2 aliphatic carbocycles. The van der Waals surface area contributed by atoms with Gasteiger partial charge in [-0.25, -0.2) is 18.2 Å². The summed E-state index contributed by atoms with van der Waals surface area (Å²) in [4.78, 5) is 59.6. The van der Waals surface area contributed by atoms with E-state index < -0.39 is 80.9 Å². The Labute approximate surface area is 297 Å². The van der Waals surface area contributed by atoms with Crippen molar-refractivity contribution >= 4 is 44.6 Å². The summed E-state index contributed by atoms with van der Waals surface area (Å²) in [5.41, 5.74) is -1.59. The number of carbonyl (C=O) groups is 4. The zero-order valence-electron chi connectivity index (χ0n) is 28.3. The van der Waals surface area contributed by atoms with Crippen molar-refractivity contribution in [3.8, 4) is 17.4 Å². The van der Waals surface area contributed by atoms with Crippen LogP contribution < -0.4 is 29.6 Å². The zero-order chi connectivity index (χ0) is 37.2. The molecule has 280 valence electrons. The van der Waals surface area contributed by atoms with Crippen molar-refractivity contribution in [3.05, 3.63) is 36.5 Å². The molecule has 2 aromatic rings. The molecule has 0 radical (unpaired) electrons. The van der Waals surface area contributed by atoms with Crippen LogP contribution in [-0.4, -0.2) is 89.0 Å². The Bertz CT molecular complexity index is 1960. The largest absolute Gasteiger partial charge is 0.586 e. The maximum atomic E-state index is 14.3. The fourth-order valence-electron chi connectivity index (χ4n) is 7.52. The molecule has 7 rings (SSSR count). The van der Waals surface area contributed by atoms with Crippen molar-refractivity contribution < 1.29 is 55.7 Å². The Morgan fingerprint density at radius 1 is 1.10 bits per heavy atom. The van der Waals surface area contributed by atoms with E-state index in [1.807, 2.05) is 13.0 Å². The summed E-state index contributed by atoms with van der Waals surface area (Å²) in [6.07, 6.45) is 1.46. The highest BCUT2D eigenvalue weighted by Gasteiger charge is 2.62. The minimum atomic E-state index is -3.95. The van der Waals surface area contributed by atoms with E-state index in [-0.39, 0.29) is 53.5 Å². The second-order valence-corrected chi connectivity index (χ2v) is 16.4. The van der Waals surface area contributed by atoms with Crippen LogP contribution in [-0.2, 0) is 24.4 Å². The van der Waals surface area contributed by atoms with Crippen LogP contribution in [0.4, 0.5) is 13.6 Å². The smallest absolute Gasteiger partial charge is 0.472 e. The molecule has 3 aliphatic heterocycles. The summed E-state index contributed by atoms with van der Waals surface area (Å²) in [6, 6.07) is 1.68. The van der Waals surface area contributed by atoms with E-state index in [9.17, 15) is 41.5 Å². The minimum Gasteiger partial charge on any atom is -0.472 e. The molecule has 3 fully saturated rings. The van der Waals surface area contributed by atoms with Crippen LogP contribution >= 0.6 is 0 Å². The number of rotatable bonds is 6. The van der Waals surface area contributed by atoms with E-state index in [4.69, 9.17) is 9.47 Å². The Kier molecular flexibility index (Phi) is 8.94. The molecule has 4 amide bonds. The third-order valence-corrected chi connectivity index (χ3v) is 12.3. The first-order valence-electron chi connectivity index (χ1n) is 17.3. The van der Waals surface area contributed by atoms with Gasteiger partial charge in [0, 0.05) is 29.3 Å². The van der Waals surface area contributed by atoms with E-state index in [1.54, 1.807) is 13.0 Å². The van der Waals surface area contributed by atoms with Gasteiger partial charge in [0.2, 0.25) is 27.7 Å². The maximum absolute atomic E-state index is 14.3. The predicted octanol–water partition coefficient (Wildman–Crippen LogP) is 3.04. The number of sulfonamides is 1. The van der Waals surface area contributed by atoms with Crippen LogP contribution in [0.1, 0.15) is 58.8 Å². The van der Waals surface area contributed by atoms with Crippen LogP contribution in [0.2, 0.25) is 0 Å². The molecule has 2 saturated carbocycles. The van der Waals surface area contributed by atoms with Gasteiger partial charge in [-0.3, -0.25) is 19.1 Å². The Morgan fingerprint density at radius 3 is 2.60 bits per heavy atom. The number of pyridine rings is 1. The summed E-state index contributed by atoms with van der Waals surface area (Å²) < 4.78 is 71.0. The quantitative estimate of drug-likeness (QED) is 0.317. The molecule has 5 aliphatic rings. The molecule has 0 unspecified atom stereocenters. The number of benzene rings is 1. The van der Waals surface area contributed by atoms with Crippen molar-refractivity contribution in [2.24, 2.45) is 17.8 Å². The number of halogens is 2. The highest BCUT2D eigenvalue weighted by atomic mass is 32.2. The molecule has 1 aromatic heterocycles. The Morgan fingerprint density at radius 2 is 1.87 bits per heavy atom. The second kappa shape index (κ2) is 13.0. The van der Waals surface area contributed by atoms with Gasteiger partial charge >= 0.3 is 12.4 Å². The van der Waals surface area contributed by atoms with Crippen molar-refractivity contribution in [2.45, 2.75) is 94.1 Å². The van der Waals surface area contributed by atoms with Gasteiger partial charge in [-0.15, -0.1) is 8.78 Å². The number of ether oxygens (including phenoxy) is 3. The monoisotopic (exact) mass is 747 g/mol. The number of alkyl halides is 2. The molecule has 7 atom stereocenters. The number of carboxylic acid groups (broad SMARTS) is 1. The first kappa shape index (κ1) is 35.7. The lowest BCUT2D eigenvalue weighted by Gasteiger charge is -2.32. The van der Waals surface area contributed by atoms with E-state index in [0.29, 0.717) is 32.1 Å². The lowest BCUT2D eigenvalue weighted by molar-refractivity contribution is -0.286. The maximum Gasteiger partial charge on any atom is 0.586 e. The third kappa shape index (κ3) is 6.91. The number of fused-ring (bicyclic) bond motifs is 5. The van der Waals surface area contributed by atoms with Crippen LogP contribution in [0.5, 0.6) is 17.4 Å². The zero-order valence-corrected chi connectivity index (χ0v) is 29.2. The van der Waals surface area contributed by atoms with Gasteiger partial charge in [0.15, 0.2) is 11.5 Å². The highest BCUT2D eigenvalue weighted by Crippen LogP contribution is 2.48. The number of amides is 4. The van der Waals surface area contributed by atoms with Gasteiger partial charge in [-0.05, 0) is 68.6 Å². The number of aromatic nitrogens is 1. The summed E-state index contributed by atoms with van der Waals surface area (Å²) in [5, 5.41) is 14.7. The van der Waals surface area contributed by atoms with Gasteiger partial charge in [0.1, 0.15) is 23.7 Å². The molecule has 0 bridgehead atoms. The number of nitrogens with zero attached hydrogens (tertiary/aromatic N) is 2. The third-order valence-electron chi connectivity index (χ3n) is 10.4. The lowest BCUT2D eigenvalue weighted by Crippen LogP contribution is -2.59. The standard InChI is InChI=1S/C34H39F2N5O10S/c1-17-5-3-4-6-19-15-33(19,31(44)40-52(47,48)21-7-8-21)39-28(42)24-14-20(16-41(24)30(43)26(18(2)13-17)38-32(45)46)49-29-23-9-10-25-27(22(23)11-12-37-29)51-34(35,36)50-25/h4,6,9-12,17-21,24,26,38H,3,5,7-8,13-16H2,1-2H3,(H,39,42)(H,40,44)(H,45,46)/b6-4-/t17-,18+,19+,20+,24-,26-,33+/m0/s1. The van der Waals surface area contributed by atoms with E-state index >= 15 is 0 Å². The van der Waals surface area contributed by atoms with Gasteiger partial charge in [-0.2, -0.15) is 0 Å². The van der Waals surface area contributed by atoms with E-state index in [0.717, 1.165) is 0 Å². The average molecular weight is 748 g/mol. The fraction of sp³-hybridized carbons (Fsp3) is 0.559. The number of hydrogen-bond donors (Lipinski definition) is 4. The van der Waals surface area contributed by atoms with Gasteiger partial charge in [0.25, 0.3) is 5.91 Å². The molecule has 1 aromatic carbocycles. The van der Waals surface area contributed by atoms with Crippen LogP contribution in [0.15, 0.2) is 36.5 Å².